The van der Waals surface area contributed by atoms with Crippen molar-refractivity contribution < 1.29 is 42.9 Å². The van der Waals surface area contributed by atoms with E-state index in [-0.39, 0.29) is 24.3 Å². The van der Waals surface area contributed by atoms with Crippen molar-refractivity contribution in [2.45, 2.75) is 124 Å². The molecule has 11 nitrogen and oxygen atoms in total. The van der Waals surface area contributed by atoms with E-state index in [1.807, 2.05) is 32.8 Å². The molecule has 0 saturated carbocycles. The highest BCUT2D eigenvalue weighted by molar-refractivity contribution is 6.00. The SMILES string of the molecule is CC[C@H]1OC(=O)[C@H](C)C(=O)[C@H](C)[C@@H](O[C@@H]2O[C@H](C)C[C@H](N(C)C)[C@H]2OC(C)=O)[C@](C)(OC)C[C@@H](C)C(=O)[C@](C)(C#N)/C=C/1C. The second-order valence-electron chi connectivity index (χ2n) is 13.1. The maximum Gasteiger partial charge on any atom is 0.316 e. The van der Waals surface area contributed by atoms with Crippen LogP contribution in [-0.2, 0) is 42.9 Å². The monoisotopic (exact) mass is 620 g/mol. The quantitative estimate of drug-likeness (QED) is 0.241. The zero-order chi connectivity index (χ0) is 33.7. The van der Waals surface area contributed by atoms with Gasteiger partial charge < -0.3 is 28.6 Å². The molecule has 2 rings (SSSR count). The molecule has 2 aliphatic rings. The van der Waals surface area contributed by atoms with E-state index in [2.05, 4.69) is 6.07 Å². The zero-order valence-electron chi connectivity index (χ0n) is 28.5. The van der Waals surface area contributed by atoms with Crippen LogP contribution < -0.4 is 0 Å². The molecule has 0 aromatic heterocycles. The van der Waals surface area contributed by atoms with Gasteiger partial charge in [0.1, 0.15) is 17.4 Å². The smallest absolute Gasteiger partial charge is 0.316 e. The minimum absolute atomic E-state index is 0.0857. The standard InChI is InChI=1S/C33H52N2O9/c1-13-25-18(2)15-32(8,17-34)28(38)19(3)16-33(9,40-12)29(21(5)26(37)22(6)30(39)43-25)44-31-27(42-23(7)36)24(35(10)11)14-20(4)41-31/h15,19-22,24-25,27,29,31H,13-14,16H2,1-12H3/b18-15+/t19-,20-,21+,22-,24+,25-,27-,29-,31+,32+,33-/m1/s1. The maximum atomic E-state index is 14.0. The number of ketones is 2. The van der Waals surface area contributed by atoms with E-state index in [1.54, 1.807) is 40.7 Å². The lowest BCUT2D eigenvalue weighted by molar-refractivity contribution is -0.298. The first kappa shape index (κ1) is 37.5. The average molecular weight is 621 g/mol. The van der Waals surface area contributed by atoms with Crippen LogP contribution in [0.2, 0.25) is 0 Å². The molecule has 2 aliphatic heterocycles. The number of likely N-dealkylation sites (N-methyl/N-ethyl adjacent to an activating group) is 1. The van der Waals surface area contributed by atoms with Crippen molar-refractivity contribution in [1.82, 2.24) is 4.90 Å². The fourth-order valence-electron chi connectivity index (χ4n) is 6.53. The second-order valence-corrected chi connectivity index (χ2v) is 13.1. The van der Waals surface area contributed by atoms with Gasteiger partial charge in [-0.1, -0.05) is 26.8 Å². The van der Waals surface area contributed by atoms with Crippen LogP contribution in [0, 0.1) is 34.5 Å². The average Bonchev–Trinajstić information content (AvgIpc) is 2.96. The third-order valence-corrected chi connectivity index (χ3v) is 9.14. The van der Waals surface area contributed by atoms with E-state index in [0.717, 1.165) is 0 Å². The summed E-state index contributed by atoms with van der Waals surface area (Å²) in [7, 11) is 5.20. The third kappa shape index (κ3) is 8.33. The predicted molar refractivity (Wildman–Crippen MR) is 162 cm³/mol. The van der Waals surface area contributed by atoms with Crippen LogP contribution >= 0.6 is 0 Å². The first-order valence-corrected chi connectivity index (χ1v) is 15.4. The number of Topliss-reactive ketones (excluding diaryl/α,β-unsaturated/α-hetero) is 2. The van der Waals surface area contributed by atoms with E-state index < -0.39 is 71.1 Å². The molecule has 1 saturated heterocycles. The molecule has 248 valence electrons. The van der Waals surface area contributed by atoms with Crippen LogP contribution in [0.15, 0.2) is 11.6 Å². The van der Waals surface area contributed by atoms with Crippen LogP contribution in [0.4, 0.5) is 0 Å². The molecule has 0 N–H and O–H groups in total. The Kier molecular flexibility index (Phi) is 12.9. The normalized spacial score (nSPS) is 40.8. The molecule has 0 radical (unpaired) electrons. The molecule has 0 unspecified atom stereocenters. The van der Waals surface area contributed by atoms with Crippen LogP contribution in [0.25, 0.3) is 0 Å². The number of ether oxygens (including phenoxy) is 5. The van der Waals surface area contributed by atoms with Crippen molar-refractivity contribution in [3.63, 3.8) is 0 Å². The molecule has 11 heteroatoms. The first-order valence-electron chi connectivity index (χ1n) is 15.4. The van der Waals surface area contributed by atoms with Crippen LogP contribution in [0.3, 0.4) is 0 Å². The fourth-order valence-corrected chi connectivity index (χ4v) is 6.53. The molecule has 0 bridgehead atoms. The minimum atomic E-state index is -1.51. The van der Waals surface area contributed by atoms with Crippen molar-refractivity contribution in [3.8, 4) is 6.07 Å². The van der Waals surface area contributed by atoms with Gasteiger partial charge in [0, 0.05) is 25.9 Å². The van der Waals surface area contributed by atoms with E-state index in [0.29, 0.717) is 18.4 Å². The summed E-state index contributed by atoms with van der Waals surface area (Å²) in [5, 5.41) is 10.2. The highest BCUT2D eigenvalue weighted by Crippen LogP contribution is 2.39. The van der Waals surface area contributed by atoms with E-state index in [9.17, 15) is 24.4 Å². The summed E-state index contributed by atoms with van der Waals surface area (Å²) in [4.78, 5) is 55.3. The van der Waals surface area contributed by atoms with Gasteiger partial charge in [0.25, 0.3) is 0 Å². The summed E-state index contributed by atoms with van der Waals surface area (Å²) in [6.45, 7) is 14.9. The maximum absolute atomic E-state index is 14.0. The number of esters is 2. The largest absolute Gasteiger partial charge is 0.457 e. The zero-order valence-corrected chi connectivity index (χ0v) is 28.5. The number of carbonyl (C=O) groups excluding carboxylic acids is 4. The molecule has 0 spiro atoms. The molecule has 0 aromatic carbocycles. The van der Waals surface area contributed by atoms with Crippen molar-refractivity contribution in [1.29, 1.82) is 5.26 Å². The van der Waals surface area contributed by atoms with Crippen LogP contribution in [0.1, 0.15) is 81.6 Å². The lowest BCUT2D eigenvalue weighted by atomic mass is 9.73. The number of methoxy groups -OCH3 is 1. The van der Waals surface area contributed by atoms with E-state index >= 15 is 0 Å². The summed E-state index contributed by atoms with van der Waals surface area (Å²) >= 11 is 0. The lowest BCUT2D eigenvalue weighted by Crippen LogP contribution is -2.60. The van der Waals surface area contributed by atoms with Gasteiger partial charge >= 0.3 is 11.9 Å². The molecule has 0 aliphatic carbocycles. The Morgan fingerprint density at radius 2 is 1.77 bits per heavy atom. The number of hydrogen-bond donors (Lipinski definition) is 0. The van der Waals surface area contributed by atoms with Gasteiger partial charge in [0.15, 0.2) is 24.0 Å². The molecule has 0 aromatic rings. The van der Waals surface area contributed by atoms with Crippen molar-refractivity contribution in [2.24, 2.45) is 23.2 Å². The lowest BCUT2D eigenvalue weighted by Gasteiger charge is -2.47. The fraction of sp³-hybridized carbons (Fsp3) is 0.788. The molecular weight excluding hydrogens is 568 g/mol. The van der Waals surface area contributed by atoms with Gasteiger partial charge in [0.2, 0.25) is 0 Å². The number of carbonyl (C=O) groups is 4. The number of nitrogens with zero attached hydrogens (tertiary/aromatic N) is 2. The first-order chi connectivity index (χ1) is 20.3. The Bertz CT molecular complexity index is 1150. The van der Waals surface area contributed by atoms with Gasteiger partial charge in [-0.3, -0.25) is 19.2 Å². The molecule has 2 heterocycles. The summed E-state index contributed by atoms with van der Waals surface area (Å²) in [5.74, 6) is -4.80. The number of nitriles is 1. The van der Waals surface area contributed by atoms with Gasteiger partial charge in [-0.15, -0.1) is 0 Å². The number of hydrogen-bond acceptors (Lipinski definition) is 11. The van der Waals surface area contributed by atoms with Gasteiger partial charge in [-0.05, 0) is 73.5 Å². The summed E-state index contributed by atoms with van der Waals surface area (Å²) in [5.41, 5.74) is -2.23. The summed E-state index contributed by atoms with van der Waals surface area (Å²) < 4.78 is 30.4. The van der Waals surface area contributed by atoms with Crippen molar-refractivity contribution >= 4 is 23.5 Å². The molecular formula is C33H52N2O9. The van der Waals surface area contributed by atoms with Crippen LogP contribution in [-0.4, -0.2) is 92.0 Å². The Hall–Kier alpha value is -2.65. The van der Waals surface area contributed by atoms with Gasteiger partial charge in [-0.2, -0.15) is 5.26 Å². The summed E-state index contributed by atoms with van der Waals surface area (Å²) in [6, 6.07) is 1.90. The van der Waals surface area contributed by atoms with Gasteiger partial charge in [0.05, 0.1) is 29.9 Å². The molecule has 44 heavy (non-hydrogen) atoms. The predicted octanol–water partition coefficient (Wildman–Crippen LogP) is 4.02. The number of rotatable bonds is 6. The molecule has 0 amide bonds. The van der Waals surface area contributed by atoms with E-state index in [4.69, 9.17) is 23.7 Å². The Balaban J connectivity index is 2.73. The van der Waals surface area contributed by atoms with Crippen molar-refractivity contribution in [2.75, 3.05) is 21.2 Å². The van der Waals surface area contributed by atoms with Crippen molar-refractivity contribution in [3.05, 3.63) is 11.6 Å². The second kappa shape index (κ2) is 15.1. The highest BCUT2D eigenvalue weighted by Gasteiger charge is 2.51. The Labute approximate surface area is 262 Å². The third-order valence-electron chi connectivity index (χ3n) is 9.14. The minimum Gasteiger partial charge on any atom is -0.457 e. The Morgan fingerprint density at radius 1 is 1.16 bits per heavy atom. The molecule has 11 atom stereocenters. The van der Waals surface area contributed by atoms with E-state index in [1.165, 1.54) is 21.0 Å². The summed E-state index contributed by atoms with van der Waals surface area (Å²) in [6.07, 6.45) is -1.37. The Morgan fingerprint density at radius 3 is 2.27 bits per heavy atom. The topological polar surface area (TPSA) is 141 Å². The number of allylic oxidation sites excluding steroid dienone is 1. The highest BCUT2D eigenvalue weighted by atomic mass is 16.7. The number of cyclic esters (lactones) is 1. The molecule has 1 fully saturated rings. The van der Waals surface area contributed by atoms with Crippen LogP contribution in [0.5, 0.6) is 0 Å². The van der Waals surface area contributed by atoms with Gasteiger partial charge in [-0.25, -0.2) is 0 Å².